The number of benzene rings is 2. The highest BCUT2D eigenvalue weighted by Gasteiger charge is 2.24. The van der Waals surface area contributed by atoms with Crippen LogP contribution in [0.5, 0.6) is 5.75 Å². The Morgan fingerprint density at radius 3 is 2.82 bits per heavy atom. The number of aromatic nitrogens is 3. The van der Waals surface area contributed by atoms with Gasteiger partial charge in [-0.25, -0.2) is 4.39 Å². The summed E-state index contributed by atoms with van der Waals surface area (Å²) in [4.78, 5) is 13.2. The fourth-order valence-electron chi connectivity index (χ4n) is 4.15. The van der Waals surface area contributed by atoms with Crippen molar-refractivity contribution in [2.75, 3.05) is 38.2 Å². The van der Waals surface area contributed by atoms with Crippen LogP contribution in [0.4, 0.5) is 9.39 Å². The third-order valence-electron chi connectivity index (χ3n) is 5.73. The average molecular weight is 520 g/mol. The van der Waals surface area contributed by atoms with Gasteiger partial charge in [0.15, 0.2) is 5.82 Å². The van der Waals surface area contributed by atoms with Crippen molar-refractivity contribution in [1.82, 2.24) is 19.5 Å². The summed E-state index contributed by atoms with van der Waals surface area (Å²) in [5.74, 6) is 0.0562. The highest BCUT2D eigenvalue weighted by molar-refractivity contribution is 7.11. The van der Waals surface area contributed by atoms with E-state index in [0.29, 0.717) is 28.8 Å². The first-order chi connectivity index (χ1) is 16.5. The molecule has 34 heavy (non-hydrogen) atoms. The number of carbonyl (C=O) groups excluding carboxylic acids is 1. The van der Waals surface area contributed by atoms with E-state index in [1.54, 1.807) is 36.2 Å². The SMILES string of the molecule is COc1cc(-c2c(Cl)cc3c(N4CCNCC4)snc3c2F)c2nn(C/C=C\C(=O)Cl)cc2c1. The molecule has 0 amide bonds. The van der Waals surface area contributed by atoms with Gasteiger partial charge < -0.3 is 15.0 Å². The first-order valence-corrected chi connectivity index (χ1v) is 12.1. The monoisotopic (exact) mass is 519 g/mol. The molecule has 0 atom stereocenters. The van der Waals surface area contributed by atoms with E-state index in [0.717, 1.165) is 36.6 Å². The molecule has 1 fully saturated rings. The number of rotatable bonds is 6. The molecule has 7 nitrogen and oxygen atoms in total. The zero-order valence-electron chi connectivity index (χ0n) is 18.1. The van der Waals surface area contributed by atoms with Crippen LogP contribution in [0.2, 0.25) is 5.02 Å². The lowest BCUT2D eigenvalue weighted by atomic mass is 10.00. The van der Waals surface area contributed by atoms with Crippen molar-refractivity contribution in [2.24, 2.45) is 0 Å². The summed E-state index contributed by atoms with van der Waals surface area (Å²) in [5.41, 5.74) is 1.58. The summed E-state index contributed by atoms with van der Waals surface area (Å²) in [5, 5.41) is 10.0. The summed E-state index contributed by atoms with van der Waals surface area (Å²) in [6, 6.07) is 5.32. The van der Waals surface area contributed by atoms with Gasteiger partial charge in [-0.05, 0) is 47.4 Å². The second-order valence-electron chi connectivity index (χ2n) is 7.84. The first-order valence-electron chi connectivity index (χ1n) is 10.6. The Labute approximate surface area is 208 Å². The fourth-order valence-corrected chi connectivity index (χ4v) is 5.45. The lowest BCUT2D eigenvalue weighted by Gasteiger charge is -2.28. The second-order valence-corrected chi connectivity index (χ2v) is 9.37. The van der Waals surface area contributed by atoms with E-state index in [4.69, 9.17) is 27.9 Å². The summed E-state index contributed by atoms with van der Waals surface area (Å²) in [6.45, 7) is 3.72. The summed E-state index contributed by atoms with van der Waals surface area (Å²) >= 11 is 13.3. The van der Waals surface area contributed by atoms with Gasteiger partial charge in [-0.2, -0.15) is 9.47 Å². The van der Waals surface area contributed by atoms with Crippen LogP contribution >= 0.6 is 34.7 Å². The quantitative estimate of drug-likeness (QED) is 0.290. The van der Waals surface area contributed by atoms with Gasteiger partial charge >= 0.3 is 0 Å². The van der Waals surface area contributed by atoms with E-state index in [-0.39, 0.29) is 16.1 Å². The number of ether oxygens (including phenoxy) is 1. The standard InChI is InChI=1S/C23H20Cl2FN5O2S/c1-33-14-9-13-12-31(6-2-3-18(25)32)28-21(13)15(10-14)19-17(24)11-16-22(20(19)26)29-34-23(16)30-7-4-27-5-8-30/h2-3,9-12,27H,4-8H2,1H3/b3-2-. The van der Waals surface area contributed by atoms with Crippen LogP contribution in [-0.4, -0.2) is 52.7 Å². The van der Waals surface area contributed by atoms with Gasteiger partial charge in [0.2, 0.25) is 5.24 Å². The van der Waals surface area contributed by atoms with Gasteiger partial charge in [0.05, 0.1) is 18.7 Å². The summed E-state index contributed by atoms with van der Waals surface area (Å²) in [6.07, 6.45) is 4.66. The topological polar surface area (TPSA) is 72.3 Å². The summed E-state index contributed by atoms with van der Waals surface area (Å²) < 4.78 is 27.5. The molecule has 176 valence electrons. The van der Waals surface area contributed by atoms with E-state index >= 15 is 4.39 Å². The predicted octanol–water partition coefficient (Wildman–Crippen LogP) is 4.85. The van der Waals surface area contributed by atoms with Crippen LogP contribution in [0.15, 0.2) is 36.5 Å². The van der Waals surface area contributed by atoms with Gasteiger partial charge in [0.25, 0.3) is 0 Å². The minimum Gasteiger partial charge on any atom is -0.497 e. The number of carbonyl (C=O) groups is 1. The second kappa shape index (κ2) is 9.50. The molecule has 1 aliphatic heterocycles. The molecule has 0 spiro atoms. The molecule has 1 N–H and O–H groups in total. The van der Waals surface area contributed by atoms with Crippen molar-refractivity contribution in [1.29, 1.82) is 0 Å². The lowest BCUT2D eigenvalue weighted by molar-refractivity contribution is -0.107. The third-order valence-corrected chi connectivity index (χ3v) is 7.08. The van der Waals surface area contributed by atoms with Gasteiger partial charge in [0.1, 0.15) is 21.8 Å². The highest BCUT2D eigenvalue weighted by atomic mass is 35.5. The van der Waals surface area contributed by atoms with Crippen molar-refractivity contribution < 1.29 is 13.9 Å². The van der Waals surface area contributed by atoms with Gasteiger partial charge in [-0.15, -0.1) is 0 Å². The Hall–Kier alpha value is -2.72. The Balaban J connectivity index is 1.64. The molecule has 0 aliphatic carbocycles. The number of anilines is 1. The van der Waals surface area contributed by atoms with Gasteiger partial charge in [-0.3, -0.25) is 9.48 Å². The number of nitrogens with one attached hydrogen (secondary N) is 1. The molecule has 1 aliphatic rings. The van der Waals surface area contributed by atoms with Crippen molar-refractivity contribution >= 4 is 66.8 Å². The Kier molecular flexibility index (Phi) is 6.44. The maximum atomic E-state index is 15.9. The maximum absolute atomic E-state index is 15.9. The smallest absolute Gasteiger partial charge is 0.244 e. The molecule has 0 saturated carbocycles. The average Bonchev–Trinajstić information content (AvgIpc) is 3.43. The zero-order valence-corrected chi connectivity index (χ0v) is 20.5. The van der Waals surface area contributed by atoms with E-state index in [1.165, 1.54) is 17.6 Å². The highest BCUT2D eigenvalue weighted by Crippen LogP contribution is 2.43. The van der Waals surface area contributed by atoms with Crippen LogP contribution in [-0.2, 0) is 11.3 Å². The number of hydrogen-bond donors (Lipinski definition) is 1. The van der Waals surface area contributed by atoms with Gasteiger partial charge in [-0.1, -0.05) is 17.7 Å². The first kappa shape index (κ1) is 23.0. The molecular weight excluding hydrogens is 500 g/mol. The molecule has 2 aromatic heterocycles. The van der Waals surface area contributed by atoms with Crippen LogP contribution in [0, 0.1) is 5.82 Å². The van der Waals surface area contributed by atoms with Crippen LogP contribution in [0.1, 0.15) is 0 Å². The number of piperazine rings is 1. The Morgan fingerprint density at radius 1 is 1.29 bits per heavy atom. The maximum Gasteiger partial charge on any atom is 0.244 e. The minimum atomic E-state index is -0.565. The number of hydrogen-bond acceptors (Lipinski definition) is 7. The van der Waals surface area contributed by atoms with Crippen LogP contribution < -0.4 is 15.0 Å². The third kappa shape index (κ3) is 4.24. The van der Waals surface area contributed by atoms with E-state index in [2.05, 4.69) is 19.7 Å². The molecule has 1 saturated heterocycles. The molecule has 11 heteroatoms. The van der Waals surface area contributed by atoms with Crippen LogP contribution in [0.3, 0.4) is 0 Å². The van der Waals surface area contributed by atoms with Crippen molar-refractivity contribution in [3.05, 3.63) is 47.4 Å². The Morgan fingerprint density at radius 2 is 2.09 bits per heavy atom. The Bertz CT molecular complexity index is 1430. The van der Waals surface area contributed by atoms with Crippen molar-refractivity contribution in [3.8, 4) is 16.9 Å². The van der Waals surface area contributed by atoms with Crippen molar-refractivity contribution in [2.45, 2.75) is 6.54 Å². The zero-order chi connectivity index (χ0) is 23.8. The summed E-state index contributed by atoms with van der Waals surface area (Å²) in [7, 11) is 1.55. The van der Waals surface area contributed by atoms with Gasteiger partial charge in [0, 0.05) is 54.3 Å². The number of fused-ring (bicyclic) bond motifs is 2. The fraction of sp³-hybridized carbons (Fsp3) is 0.261. The molecular formula is C23H20Cl2FN5O2S. The molecule has 3 heterocycles. The normalized spacial score (nSPS) is 14.5. The van der Waals surface area contributed by atoms with E-state index in [1.807, 2.05) is 6.07 Å². The number of halogens is 3. The van der Waals surface area contributed by atoms with Crippen molar-refractivity contribution in [3.63, 3.8) is 0 Å². The number of nitrogens with zero attached hydrogens (tertiary/aromatic N) is 4. The molecule has 2 aromatic carbocycles. The number of allylic oxidation sites excluding steroid dienone is 2. The van der Waals surface area contributed by atoms with E-state index < -0.39 is 11.1 Å². The minimum absolute atomic E-state index is 0.229. The largest absolute Gasteiger partial charge is 0.497 e. The predicted molar refractivity (Wildman–Crippen MR) is 135 cm³/mol. The lowest BCUT2D eigenvalue weighted by Crippen LogP contribution is -2.43. The number of methoxy groups -OCH3 is 1. The molecule has 0 unspecified atom stereocenters. The van der Waals surface area contributed by atoms with Crippen LogP contribution in [0.25, 0.3) is 32.9 Å². The molecule has 5 rings (SSSR count). The molecule has 0 radical (unpaired) electrons. The van der Waals surface area contributed by atoms with E-state index in [9.17, 15) is 4.79 Å². The molecule has 4 aromatic rings. The molecule has 0 bridgehead atoms.